The third kappa shape index (κ3) is 4.47. The molecule has 3 nitrogen and oxygen atoms in total. The zero-order valence-electron chi connectivity index (χ0n) is 13.6. The smallest absolute Gasteiger partial charge is 0.254 e. The van der Waals surface area contributed by atoms with E-state index in [0.717, 1.165) is 35.7 Å². The lowest BCUT2D eigenvalue weighted by atomic mass is 10.0. The number of aromatic nitrogens is 2. The van der Waals surface area contributed by atoms with E-state index < -0.39 is 0 Å². The van der Waals surface area contributed by atoms with E-state index >= 15 is 0 Å². The Morgan fingerprint density at radius 2 is 1.95 bits per heavy atom. The van der Waals surface area contributed by atoms with E-state index in [1.165, 1.54) is 5.56 Å². The summed E-state index contributed by atoms with van der Waals surface area (Å²) in [5.74, 6) is 0. The summed E-state index contributed by atoms with van der Waals surface area (Å²) < 4.78 is 0. The molecule has 1 atom stereocenters. The van der Waals surface area contributed by atoms with Crippen molar-refractivity contribution in [1.29, 1.82) is 0 Å². The number of aromatic amines is 1. The van der Waals surface area contributed by atoms with Crippen molar-refractivity contribution < 1.29 is 0 Å². The van der Waals surface area contributed by atoms with Crippen LogP contribution in [0.3, 0.4) is 0 Å². The number of rotatable bonds is 7. The Labute approximate surface area is 136 Å². The van der Waals surface area contributed by atoms with Crippen molar-refractivity contribution in [2.45, 2.75) is 56.9 Å². The van der Waals surface area contributed by atoms with Crippen LogP contribution in [-0.4, -0.2) is 15.2 Å². The SMILES string of the molecule is CCCc1c(Cc2ccccc2)nc(SC(C)CC)[nH]c1=O. The van der Waals surface area contributed by atoms with Gasteiger partial charge in [-0.2, -0.15) is 0 Å². The zero-order valence-corrected chi connectivity index (χ0v) is 14.4. The van der Waals surface area contributed by atoms with Crippen LogP contribution in [0.2, 0.25) is 0 Å². The lowest BCUT2D eigenvalue weighted by Crippen LogP contribution is -2.19. The second-order valence-electron chi connectivity index (χ2n) is 5.55. The Bertz CT molecular complexity index is 652. The molecule has 1 aromatic heterocycles. The summed E-state index contributed by atoms with van der Waals surface area (Å²) in [6.07, 6.45) is 3.50. The predicted molar refractivity (Wildman–Crippen MR) is 93.7 cm³/mol. The van der Waals surface area contributed by atoms with Crippen molar-refractivity contribution in [1.82, 2.24) is 9.97 Å². The molecule has 0 fully saturated rings. The van der Waals surface area contributed by atoms with Gasteiger partial charge in [0, 0.05) is 17.2 Å². The maximum absolute atomic E-state index is 12.4. The van der Waals surface area contributed by atoms with Crippen molar-refractivity contribution in [2.24, 2.45) is 0 Å². The Kier molecular flexibility index (Phi) is 6.25. The second kappa shape index (κ2) is 8.18. The Hall–Kier alpha value is -1.55. The first kappa shape index (κ1) is 16.8. The van der Waals surface area contributed by atoms with Gasteiger partial charge in [-0.1, -0.05) is 69.3 Å². The molecule has 0 amide bonds. The Balaban J connectivity index is 2.36. The van der Waals surface area contributed by atoms with Gasteiger partial charge in [-0.3, -0.25) is 4.79 Å². The molecule has 2 aromatic rings. The summed E-state index contributed by atoms with van der Waals surface area (Å²) in [7, 11) is 0. The van der Waals surface area contributed by atoms with Crippen molar-refractivity contribution in [2.75, 3.05) is 0 Å². The molecule has 118 valence electrons. The molecule has 0 saturated carbocycles. The molecule has 0 spiro atoms. The van der Waals surface area contributed by atoms with Gasteiger partial charge in [0.2, 0.25) is 0 Å². The van der Waals surface area contributed by atoms with Crippen molar-refractivity contribution in [3.8, 4) is 0 Å². The van der Waals surface area contributed by atoms with Gasteiger partial charge in [-0.25, -0.2) is 4.98 Å². The third-order valence-electron chi connectivity index (χ3n) is 3.68. The number of thioether (sulfide) groups is 1. The molecule has 1 N–H and O–H groups in total. The van der Waals surface area contributed by atoms with E-state index in [4.69, 9.17) is 4.98 Å². The molecule has 0 saturated heterocycles. The van der Waals surface area contributed by atoms with Gasteiger partial charge in [0.25, 0.3) is 5.56 Å². The highest BCUT2D eigenvalue weighted by atomic mass is 32.2. The molecular formula is C18H24N2OS. The largest absolute Gasteiger partial charge is 0.301 e. The average molecular weight is 316 g/mol. The van der Waals surface area contributed by atoms with Crippen LogP contribution in [0.15, 0.2) is 40.3 Å². The molecule has 0 bridgehead atoms. The van der Waals surface area contributed by atoms with Crippen LogP contribution in [0, 0.1) is 0 Å². The summed E-state index contributed by atoms with van der Waals surface area (Å²) >= 11 is 1.64. The first-order valence-electron chi connectivity index (χ1n) is 7.96. The molecule has 4 heteroatoms. The van der Waals surface area contributed by atoms with Crippen LogP contribution in [0.25, 0.3) is 0 Å². The highest BCUT2D eigenvalue weighted by Crippen LogP contribution is 2.22. The highest BCUT2D eigenvalue weighted by Gasteiger charge is 2.13. The minimum Gasteiger partial charge on any atom is -0.301 e. The van der Waals surface area contributed by atoms with Crippen LogP contribution in [-0.2, 0) is 12.8 Å². The van der Waals surface area contributed by atoms with Crippen LogP contribution in [0.5, 0.6) is 0 Å². The molecule has 0 aliphatic heterocycles. The first-order valence-corrected chi connectivity index (χ1v) is 8.84. The predicted octanol–water partition coefficient (Wildman–Crippen LogP) is 4.20. The van der Waals surface area contributed by atoms with Crippen LogP contribution < -0.4 is 5.56 Å². The maximum atomic E-state index is 12.4. The van der Waals surface area contributed by atoms with Crippen LogP contribution in [0.1, 0.15) is 50.4 Å². The Morgan fingerprint density at radius 1 is 1.23 bits per heavy atom. The van der Waals surface area contributed by atoms with Gasteiger partial charge in [-0.05, 0) is 18.4 Å². The van der Waals surface area contributed by atoms with E-state index in [0.29, 0.717) is 11.7 Å². The average Bonchev–Trinajstić information content (AvgIpc) is 2.51. The van der Waals surface area contributed by atoms with E-state index in [2.05, 4.69) is 37.9 Å². The number of benzene rings is 1. The summed E-state index contributed by atoms with van der Waals surface area (Å²) in [5.41, 5.74) is 2.97. The zero-order chi connectivity index (χ0) is 15.9. The lowest BCUT2D eigenvalue weighted by Gasteiger charge is -2.12. The van der Waals surface area contributed by atoms with Gasteiger partial charge in [-0.15, -0.1) is 0 Å². The van der Waals surface area contributed by atoms with Gasteiger partial charge < -0.3 is 4.98 Å². The minimum absolute atomic E-state index is 0.0218. The van der Waals surface area contributed by atoms with Crippen LogP contribution in [0.4, 0.5) is 0 Å². The summed E-state index contributed by atoms with van der Waals surface area (Å²) in [6.45, 7) is 6.39. The fraction of sp³-hybridized carbons (Fsp3) is 0.444. The summed E-state index contributed by atoms with van der Waals surface area (Å²) in [6, 6.07) is 10.2. The molecule has 1 aromatic carbocycles. The maximum Gasteiger partial charge on any atom is 0.254 e. The first-order chi connectivity index (χ1) is 10.6. The Morgan fingerprint density at radius 3 is 2.59 bits per heavy atom. The molecular weight excluding hydrogens is 292 g/mol. The minimum atomic E-state index is 0.0218. The molecule has 1 unspecified atom stereocenters. The van der Waals surface area contributed by atoms with Gasteiger partial charge >= 0.3 is 0 Å². The van der Waals surface area contributed by atoms with Crippen molar-refractivity contribution >= 4 is 11.8 Å². The fourth-order valence-corrected chi connectivity index (χ4v) is 3.16. The van der Waals surface area contributed by atoms with Gasteiger partial charge in [0.1, 0.15) is 0 Å². The standard InChI is InChI=1S/C18H24N2OS/c1-4-9-15-16(12-14-10-7-6-8-11-14)19-18(20-17(15)21)22-13(3)5-2/h6-8,10-11,13H,4-5,9,12H2,1-3H3,(H,19,20,21). The number of hydrogen-bond donors (Lipinski definition) is 1. The van der Waals surface area contributed by atoms with E-state index in [-0.39, 0.29) is 5.56 Å². The normalized spacial score (nSPS) is 12.3. The number of nitrogens with one attached hydrogen (secondary N) is 1. The summed E-state index contributed by atoms with van der Waals surface area (Å²) in [5, 5.41) is 1.19. The quantitative estimate of drug-likeness (QED) is 0.615. The van der Waals surface area contributed by atoms with E-state index in [1.807, 2.05) is 18.2 Å². The van der Waals surface area contributed by atoms with Crippen molar-refractivity contribution in [3.63, 3.8) is 0 Å². The number of H-pyrrole nitrogens is 1. The number of hydrogen-bond acceptors (Lipinski definition) is 3. The van der Waals surface area contributed by atoms with Gasteiger partial charge in [0.15, 0.2) is 5.16 Å². The third-order valence-corrected chi connectivity index (χ3v) is 4.83. The van der Waals surface area contributed by atoms with Crippen molar-refractivity contribution in [3.05, 3.63) is 57.5 Å². The lowest BCUT2D eigenvalue weighted by molar-refractivity contribution is 0.795. The molecule has 0 aliphatic carbocycles. The molecule has 0 radical (unpaired) electrons. The second-order valence-corrected chi connectivity index (χ2v) is 6.97. The van der Waals surface area contributed by atoms with E-state index in [9.17, 15) is 4.79 Å². The monoisotopic (exact) mass is 316 g/mol. The molecule has 1 heterocycles. The summed E-state index contributed by atoms with van der Waals surface area (Å²) in [4.78, 5) is 20.1. The molecule has 2 rings (SSSR count). The fourth-order valence-electron chi connectivity index (χ4n) is 2.29. The molecule has 0 aliphatic rings. The van der Waals surface area contributed by atoms with Crippen LogP contribution >= 0.6 is 11.8 Å². The highest BCUT2D eigenvalue weighted by molar-refractivity contribution is 7.99. The number of nitrogens with zero attached hydrogens (tertiary/aromatic N) is 1. The van der Waals surface area contributed by atoms with E-state index in [1.54, 1.807) is 11.8 Å². The van der Waals surface area contributed by atoms with Gasteiger partial charge in [0.05, 0.1) is 5.69 Å². The topological polar surface area (TPSA) is 45.8 Å². The molecule has 22 heavy (non-hydrogen) atoms.